The Kier molecular flexibility index (Phi) is 5.19. The third kappa shape index (κ3) is 2.96. The minimum Gasteiger partial charge on any atom is -0.393 e. The predicted octanol–water partition coefficient (Wildman–Crippen LogP) is 7.14. The highest BCUT2D eigenvalue weighted by atomic mass is 16.3. The number of hydrogen-bond donors (Lipinski definition) is 2. The molecule has 2 N–H and O–H groups in total. The van der Waals surface area contributed by atoms with Gasteiger partial charge in [0.05, 0.1) is 12.2 Å². The first kappa shape index (κ1) is 23.4. The summed E-state index contributed by atoms with van der Waals surface area (Å²) in [5.74, 6) is 2.68. The van der Waals surface area contributed by atoms with Crippen LogP contribution in [0.5, 0.6) is 0 Å². The van der Waals surface area contributed by atoms with E-state index in [9.17, 15) is 10.2 Å². The van der Waals surface area contributed by atoms with E-state index in [4.69, 9.17) is 0 Å². The fourth-order valence-corrected chi connectivity index (χ4v) is 10.9. The summed E-state index contributed by atoms with van der Waals surface area (Å²) >= 11 is 0. The Labute approximate surface area is 197 Å². The molecule has 5 rings (SSSR count). The first-order chi connectivity index (χ1) is 14.8. The van der Waals surface area contributed by atoms with Crippen LogP contribution < -0.4 is 0 Å². The lowest BCUT2D eigenvalue weighted by molar-refractivity contribution is -0.170. The largest absolute Gasteiger partial charge is 0.393 e. The van der Waals surface area contributed by atoms with E-state index in [0.717, 1.165) is 25.2 Å². The molecule has 182 valence electrons. The SMILES string of the molecule is CC1(C)[C@@H](O)CC[C@]2(C)[C@@H]3CC[C@H]4C(=CC[C@H]5C(C)(C)[C@H](O)CC[C@]45C)C[C@]3(C)CC[C@@H]12. The molecule has 0 radical (unpaired) electrons. The molecule has 0 aromatic rings. The zero-order chi connectivity index (χ0) is 23.3. The topological polar surface area (TPSA) is 40.5 Å². The molecule has 0 amide bonds. The first-order valence-corrected chi connectivity index (χ1v) is 13.8. The average molecular weight is 443 g/mol. The van der Waals surface area contributed by atoms with Crippen LogP contribution in [0.3, 0.4) is 0 Å². The smallest absolute Gasteiger partial charge is 0.0594 e. The van der Waals surface area contributed by atoms with Gasteiger partial charge in [-0.15, -0.1) is 0 Å². The van der Waals surface area contributed by atoms with Gasteiger partial charge in [-0.05, 0) is 115 Å². The number of hydrogen-bond acceptors (Lipinski definition) is 2. The summed E-state index contributed by atoms with van der Waals surface area (Å²) in [6, 6.07) is 0. The zero-order valence-corrected chi connectivity index (χ0v) is 22.0. The van der Waals surface area contributed by atoms with Crippen molar-refractivity contribution in [2.75, 3.05) is 0 Å². The van der Waals surface area contributed by atoms with Crippen LogP contribution in [0.4, 0.5) is 0 Å². The van der Waals surface area contributed by atoms with Crippen LogP contribution in [0.25, 0.3) is 0 Å². The van der Waals surface area contributed by atoms with Gasteiger partial charge in [-0.1, -0.05) is 60.1 Å². The summed E-state index contributed by atoms with van der Waals surface area (Å²) in [5, 5.41) is 21.7. The van der Waals surface area contributed by atoms with Crippen molar-refractivity contribution in [3.8, 4) is 0 Å². The van der Waals surface area contributed by atoms with Gasteiger partial charge in [0.15, 0.2) is 0 Å². The molecule has 2 nitrogen and oxygen atoms in total. The van der Waals surface area contributed by atoms with Gasteiger partial charge in [0.25, 0.3) is 0 Å². The summed E-state index contributed by atoms with van der Waals surface area (Å²) in [6.07, 6.45) is 14.4. The molecule has 4 fully saturated rings. The molecule has 0 unspecified atom stereocenters. The number of rotatable bonds is 0. The summed E-state index contributed by atoms with van der Waals surface area (Å²) in [6.45, 7) is 17.2. The molecule has 5 aliphatic carbocycles. The fraction of sp³-hybridized carbons (Fsp3) is 0.933. The normalized spacial score (nSPS) is 54.2. The van der Waals surface area contributed by atoms with Crippen molar-refractivity contribution in [2.45, 2.75) is 125 Å². The molecule has 2 heteroatoms. The molecule has 0 spiro atoms. The molecule has 0 aromatic heterocycles. The maximum Gasteiger partial charge on any atom is 0.0594 e. The Balaban J connectivity index is 1.50. The maximum atomic E-state index is 10.9. The predicted molar refractivity (Wildman–Crippen MR) is 132 cm³/mol. The van der Waals surface area contributed by atoms with Gasteiger partial charge < -0.3 is 10.2 Å². The molecule has 0 saturated heterocycles. The number of aliphatic hydroxyl groups is 2. The van der Waals surface area contributed by atoms with Gasteiger partial charge in [0.2, 0.25) is 0 Å². The number of allylic oxidation sites excluding steroid dienone is 2. The van der Waals surface area contributed by atoms with Gasteiger partial charge in [-0.3, -0.25) is 0 Å². The zero-order valence-electron chi connectivity index (χ0n) is 22.0. The minimum atomic E-state index is -0.156. The van der Waals surface area contributed by atoms with E-state index >= 15 is 0 Å². The fourth-order valence-electron chi connectivity index (χ4n) is 10.9. The highest BCUT2D eigenvalue weighted by Gasteiger charge is 2.63. The van der Waals surface area contributed by atoms with Crippen molar-refractivity contribution < 1.29 is 10.2 Å². The highest BCUT2D eigenvalue weighted by molar-refractivity contribution is 5.25. The molecular formula is C30H50O2. The molecule has 32 heavy (non-hydrogen) atoms. The second-order valence-electron chi connectivity index (χ2n) is 14.9. The maximum absolute atomic E-state index is 10.9. The van der Waals surface area contributed by atoms with Crippen molar-refractivity contribution in [1.82, 2.24) is 0 Å². The third-order valence-electron chi connectivity index (χ3n) is 12.9. The van der Waals surface area contributed by atoms with Crippen LogP contribution in [0.15, 0.2) is 11.6 Å². The average Bonchev–Trinajstić information content (AvgIpc) is 2.86. The molecule has 0 heterocycles. The lowest BCUT2D eigenvalue weighted by Gasteiger charge is -2.63. The second-order valence-corrected chi connectivity index (χ2v) is 14.9. The summed E-state index contributed by atoms with van der Waals surface area (Å²) in [7, 11) is 0. The molecule has 0 bridgehead atoms. The first-order valence-electron chi connectivity index (χ1n) is 13.8. The van der Waals surface area contributed by atoms with E-state index in [-0.39, 0.29) is 23.0 Å². The van der Waals surface area contributed by atoms with Crippen LogP contribution in [0, 0.1) is 50.7 Å². The Morgan fingerprint density at radius 2 is 1.25 bits per heavy atom. The van der Waals surface area contributed by atoms with E-state index in [1.165, 1.54) is 44.9 Å². The molecular weight excluding hydrogens is 392 g/mol. The lowest BCUT2D eigenvalue weighted by atomic mass is 9.42. The van der Waals surface area contributed by atoms with Gasteiger partial charge in [0.1, 0.15) is 0 Å². The van der Waals surface area contributed by atoms with E-state index in [1.54, 1.807) is 5.57 Å². The quantitative estimate of drug-likeness (QED) is 0.391. The van der Waals surface area contributed by atoms with Crippen LogP contribution in [0.2, 0.25) is 0 Å². The molecule has 9 atom stereocenters. The third-order valence-corrected chi connectivity index (χ3v) is 12.9. The highest BCUT2D eigenvalue weighted by Crippen LogP contribution is 2.70. The van der Waals surface area contributed by atoms with Gasteiger partial charge >= 0.3 is 0 Å². The van der Waals surface area contributed by atoms with Gasteiger partial charge in [-0.25, -0.2) is 0 Å². The Morgan fingerprint density at radius 3 is 1.91 bits per heavy atom. The van der Waals surface area contributed by atoms with E-state index in [0.29, 0.717) is 34.0 Å². The Morgan fingerprint density at radius 1 is 0.656 bits per heavy atom. The number of fused-ring (bicyclic) bond motifs is 6. The van der Waals surface area contributed by atoms with E-state index < -0.39 is 0 Å². The molecule has 5 aliphatic rings. The van der Waals surface area contributed by atoms with Crippen LogP contribution in [-0.2, 0) is 0 Å². The molecule has 0 aliphatic heterocycles. The Hall–Kier alpha value is -0.340. The molecule has 4 saturated carbocycles. The summed E-state index contributed by atoms with van der Waals surface area (Å²) in [4.78, 5) is 0. The summed E-state index contributed by atoms with van der Waals surface area (Å²) in [5.41, 5.74) is 2.91. The van der Waals surface area contributed by atoms with Gasteiger partial charge in [0, 0.05) is 0 Å². The van der Waals surface area contributed by atoms with Crippen molar-refractivity contribution in [1.29, 1.82) is 0 Å². The second kappa shape index (κ2) is 7.09. The van der Waals surface area contributed by atoms with Crippen molar-refractivity contribution in [2.24, 2.45) is 50.7 Å². The standard InChI is InChI=1S/C30H50O2/c1-26(2)21-10-8-19-18-28(5)15-12-22-27(3,4)25(32)14-17-30(22,7)23(28)11-9-20(19)29(21,6)16-13-24(26)31/h8,20-25,31-32H,9-18H2,1-7H3/t20-,21-,22-,23+,24+,25-,28-,29+,30-/m0/s1. The van der Waals surface area contributed by atoms with Gasteiger partial charge in [-0.2, -0.15) is 0 Å². The molecule has 0 aromatic carbocycles. The van der Waals surface area contributed by atoms with Crippen LogP contribution >= 0.6 is 0 Å². The van der Waals surface area contributed by atoms with E-state index in [2.05, 4.69) is 54.5 Å². The Bertz CT molecular complexity index is 795. The summed E-state index contributed by atoms with van der Waals surface area (Å²) < 4.78 is 0. The van der Waals surface area contributed by atoms with Crippen molar-refractivity contribution in [3.63, 3.8) is 0 Å². The monoisotopic (exact) mass is 442 g/mol. The number of aliphatic hydroxyl groups excluding tert-OH is 2. The van der Waals surface area contributed by atoms with Crippen molar-refractivity contribution >= 4 is 0 Å². The van der Waals surface area contributed by atoms with Crippen LogP contribution in [0.1, 0.15) is 113 Å². The minimum absolute atomic E-state index is 0.0125. The lowest BCUT2D eigenvalue weighted by Crippen LogP contribution is -2.58. The van der Waals surface area contributed by atoms with Crippen LogP contribution in [-0.4, -0.2) is 22.4 Å². The van der Waals surface area contributed by atoms with Crippen molar-refractivity contribution in [3.05, 3.63) is 11.6 Å². The van der Waals surface area contributed by atoms with E-state index in [1.807, 2.05) is 0 Å².